The summed E-state index contributed by atoms with van der Waals surface area (Å²) in [6.07, 6.45) is 3.19. The van der Waals surface area contributed by atoms with Crippen molar-refractivity contribution < 1.29 is 9.90 Å². The summed E-state index contributed by atoms with van der Waals surface area (Å²) in [4.78, 5) is 16.8. The van der Waals surface area contributed by atoms with E-state index >= 15 is 0 Å². The average molecular weight is 371 g/mol. The number of carbonyl (C=O) groups is 1. The molecule has 25 heavy (non-hydrogen) atoms. The fraction of sp³-hybridized carbons (Fsp3) is 0.158. The number of anilines is 1. The van der Waals surface area contributed by atoms with Crippen molar-refractivity contribution in [2.75, 3.05) is 5.73 Å². The van der Waals surface area contributed by atoms with Gasteiger partial charge in [0.2, 0.25) is 0 Å². The first kappa shape index (κ1) is 16.1. The lowest BCUT2D eigenvalue weighted by atomic mass is 9.94. The van der Waals surface area contributed by atoms with Crippen LogP contribution in [-0.2, 0) is 10.2 Å². The highest BCUT2D eigenvalue weighted by Crippen LogP contribution is 2.48. The van der Waals surface area contributed by atoms with E-state index < -0.39 is 11.4 Å². The van der Waals surface area contributed by atoms with Gasteiger partial charge in [0.15, 0.2) is 0 Å². The lowest BCUT2D eigenvalue weighted by Gasteiger charge is -2.11. The standard InChI is InChI=1S/C19H15ClN2O2S/c20-16-9-14(21)17(25-16)12-3-6-15(22-10-12)11-1-4-13(5-2-11)19(7-8-19)18(23)24/h1-6,9-10H,7-8,21H2,(H,23,24). The Bertz CT molecular complexity index is 945. The second kappa shape index (κ2) is 5.86. The van der Waals surface area contributed by atoms with Crippen LogP contribution in [0.3, 0.4) is 0 Å². The number of aromatic nitrogens is 1. The third-order valence-electron chi connectivity index (χ3n) is 4.65. The normalized spacial score (nSPS) is 15.1. The molecule has 0 radical (unpaired) electrons. The zero-order valence-electron chi connectivity index (χ0n) is 13.2. The van der Waals surface area contributed by atoms with Gasteiger partial charge in [-0.3, -0.25) is 9.78 Å². The molecule has 1 fully saturated rings. The summed E-state index contributed by atoms with van der Waals surface area (Å²) in [7, 11) is 0. The molecular weight excluding hydrogens is 356 g/mol. The molecule has 0 unspecified atom stereocenters. The number of nitrogens with two attached hydrogens (primary N) is 1. The maximum atomic E-state index is 11.4. The maximum absolute atomic E-state index is 11.4. The average Bonchev–Trinajstić information content (AvgIpc) is 3.36. The topological polar surface area (TPSA) is 76.2 Å². The van der Waals surface area contributed by atoms with Gasteiger partial charge in [0.1, 0.15) is 0 Å². The minimum absolute atomic E-state index is 0.650. The van der Waals surface area contributed by atoms with Crippen LogP contribution in [0.4, 0.5) is 5.69 Å². The Labute approximate surface area is 153 Å². The summed E-state index contributed by atoms with van der Waals surface area (Å²) < 4.78 is 0.652. The van der Waals surface area contributed by atoms with Gasteiger partial charge in [0.05, 0.1) is 26.0 Å². The van der Waals surface area contributed by atoms with Gasteiger partial charge < -0.3 is 10.8 Å². The van der Waals surface area contributed by atoms with Crippen molar-refractivity contribution in [2.45, 2.75) is 18.3 Å². The van der Waals surface area contributed by atoms with Crippen molar-refractivity contribution in [1.29, 1.82) is 0 Å². The van der Waals surface area contributed by atoms with E-state index in [0.29, 0.717) is 22.9 Å². The van der Waals surface area contributed by atoms with E-state index in [1.54, 1.807) is 12.3 Å². The Morgan fingerprint density at radius 2 is 1.84 bits per heavy atom. The Morgan fingerprint density at radius 3 is 2.32 bits per heavy atom. The number of carboxylic acid groups (broad SMARTS) is 1. The predicted molar refractivity (Wildman–Crippen MR) is 101 cm³/mol. The van der Waals surface area contributed by atoms with Crippen LogP contribution in [0.15, 0.2) is 48.7 Å². The molecule has 2 aromatic heterocycles. The van der Waals surface area contributed by atoms with Crippen LogP contribution < -0.4 is 5.73 Å². The monoisotopic (exact) mass is 370 g/mol. The van der Waals surface area contributed by atoms with Crippen LogP contribution in [0.25, 0.3) is 21.7 Å². The van der Waals surface area contributed by atoms with Crippen molar-refractivity contribution in [2.24, 2.45) is 0 Å². The van der Waals surface area contributed by atoms with Crippen molar-refractivity contribution in [3.05, 3.63) is 58.6 Å². The highest BCUT2D eigenvalue weighted by atomic mass is 35.5. The van der Waals surface area contributed by atoms with Crippen LogP contribution >= 0.6 is 22.9 Å². The number of nitrogens with zero attached hydrogens (tertiary/aromatic N) is 1. The molecule has 1 saturated carbocycles. The second-order valence-corrected chi connectivity index (χ2v) is 7.92. The first-order valence-electron chi connectivity index (χ1n) is 7.85. The van der Waals surface area contributed by atoms with Gasteiger partial charge in [-0.15, -0.1) is 11.3 Å². The number of aliphatic carboxylic acids is 1. The third-order valence-corrected chi connectivity index (χ3v) is 5.98. The summed E-state index contributed by atoms with van der Waals surface area (Å²) in [6.45, 7) is 0. The van der Waals surface area contributed by atoms with Crippen molar-refractivity contribution in [3.8, 4) is 21.7 Å². The van der Waals surface area contributed by atoms with E-state index in [-0.39, 0.29) is 0 Å². The second-order valence-electron chi connectivity index (χ2n) is 6.23. The van der Waals surface area contributed by atoms with E-state index in [4.69, 9.17) is 17.3 Å². The van der Waals surface area contributed by atoms with Gasteiger partial charge in [0, 0.05) is 17.3 Å². The van der Waals surface area contributed by atoms with Gasteiger partial charge in [-0.1, -0.05) is 35.9 Å². The molecule has 0 spiro atoms. The Kier molecular flexibility index (Phi) is 3.78. The SMILES string of the molecule is Nc1cc(Cl)sc1-c1ccc(-c2ccc(C3(C(=O)O)CC3)cc2)nc1. The fourth-order valence-corrected chi connectivity index (χ4v) is 4.15. The smallest absolute Gasteiger partial charge is 0.314 e. The number of halogens is 1. The molecule has 3 aromatic rings. The molecule has 0 amide bonds. The Morgan fingerprint density at radius 1 is 1.16 bits per heavy atom. The molecule has 1 aliphatic carbocycles. The van der Waals surface area contributed by atoms with Gasteiger partial charge in [-0.05, 0) is 36.6 Å². The lowest BCUT2D eigenvalue weighted by Crippen LogP contribution is -2.19. The molecular formula is C19H15ClN2O2S. The van der Waals surface area contributed by atoms with Crippen LogP contribution in [0.5, 0.6) is 0 Å². The molecule has 0 aliphatic heterocycles. The van der Waals surface area contributed by atoms with Crippen LogP contribution in [0.2, 0.25) is 4.34 Å². The lowest BCUT2D eigenvalue weighted by molar-refractivity contribution is -0.140. The summed E-state index contributed by atoms with van der Waals surface area (Å²) >= 11 is 7.43. The number of pyridine rings is 1. The van der Waals surface area contributed by atoms with Crippen LogP contribution in [0, 0.1) is 0 Å². The van der Waals surface area contributed by atoms with Crippen molar-refractivity contribution in [1.82, 2.24) is 4.98 Å². The number of benzene rings is 1. The first-order valence-corrected chi connectivity index (χ1v) is 9.05. The van der Waals surface area contributed by atoms with Crippen molar-refractivity contribution >= 4 is 34.6 Å². The molecule has 3 N–H and O–H groups in total. The molecule has 4 rings (SSSR count). The molecule has 6 heteroatoms. The van der Waals surface area contributed by atoms with E-state index in [2.05, 4.69) is 4.98 Å². The quantitative estimate of drug-likeness (QED) is 0.689. The minimum Gasteiger partial charge on any atom is -0.481 e. The van der Waals surface area contributed by atoms with E-state index in [0.717, 1.165) is 27.3 Å². The molecule has 0 saturated heterocycles. The van der Waals surface area contributed by atoms with E-state index in [1.807, 2.05) is 36.4 Å². The number of rotatable bonds is 4. The molecule has 4 nitrogen and oxygen atoms in total. The van der Waals surface area contributed by atoms with Crippen molar-refractivity contribution in [3.63, 3.8) is 0 Å². The maximum Gasteiger partial charge on any atom is 0.314 e. The summed E-state index contributed by atoms with van der Waals surface area (Å²) in [5, 5.41) is 9.38. The molecule has 1 aliphatic rings. The van der Waals surface area contributed by atoms with Crippen LogP contribution in [0.1, 0.15) is 18.4 Å². The highest BCUT2D eigenvalue weighted by Gasteiger charge is 2.51. The minimum atomic E-state index is -0.741. The fourth-order valence-electron chi connectivity index (χ4n) is 3.01. The zero-order valence-corrected chi connectivity index (χ0v) is 14.8. The predicted octanol–water partition coefficient (Wildman–Crippen LogP) is 4.83. The molecule has 2 heterocycles. The highest BCUT2D eigenvalue weighted by molar-refractivity contribution is 7.20. The number of hydrogen-bond donors (Lipinski definition) is 2. The summed E-state index contributed by atoms with van der Waals surface area (Å²) in [5.74, 6) is -0.741. The number of hydrogen-bond acceptors (Lipinski definition) is 4. The van der Waals surface area contributed by atoms with Crippen LogP contribution in [-0.4, -0.2) is 16.1 Å². The summed E-state index contributed by atoms with van der Waals surface area (Å²) in [5.41, 5.74) is 9.51. The first-order chi connectivity index (χ1) is 12.0. The Balaban J connectivity index is 1.60. The number of nitrogen functional groups attached to an aromatic ring is 1. The van der Waals surface area contributed by atoms with Gasteiger partial charge >= 0.3 is 5.97 Å². The van der Waals surface area contributed by atoms with E-state index in [9.17, 15) is 9.90 Å². The number of thiophene rings is 1. The Hall–Kier alpha value is -2.37. The molecule has 126 valence electrons. The summed E-state index contributed by atoms with van der Waals surface area (Å²) in [6, 6.07) is 13.3. The van der Waals surface area contributed by atoms with Gasteiger partial charge in [-0.2, -0.15) is 0 Å². The molecule has 1 aromatic carbocycles. The largest absolute Gasteiger partial charge is 0.481 e. The van der Waals surface area contributed by atoms with Gasteiger partial charge in [0.25, 0.3) is 0 Å². The van der Waals surface area contributed by atoms with Gasteiger partial charge in [-0.25, -0.2) is 0 Å². The number of carboxylic acids is 1. The van der Waals surface area contributed by atoms with E-state index in [1.165, 1.54) is 11.3 Å². The third kappa shape index (κ3) is 2.79. The molecule has 0 atom stereocenters. The molecule has 0 bridgehead atoms. The zero-order chi connectivity index (χ0) is 17.6.